The minimum atomic E-state index is 0.0530. The van der Waals surface area contributed by atoms with Gasteiger partial charge in [-0.25, -0.2) is 0 Å². The Labute approximate surface area is 98.4 Å². The van der Waals surface area contributed by atoms with Gasteiger partial charge in [0.15, 0.2) is 0 Å². The lowest BCUT2D eigenvalue weighted by Crippen LogP contribution is -2.48. The summed E-state index contributed by atoms with van der Waals surface area (Å²) in [5, 5.41) is 6.52. The number of rotatable bonds is 2. The lowest BCUT2D eigenvalue weighted by atomic mass is 9.87. The Morgan fingerprint density at radius 1 is 1.25 bits per heavy atom. The molecule has 0 aromatic carbocycles. The van der Waals surface area contributed by atoms with Gasteiger partial charge in [-0.2, -0.15) is 0 Å². The highest BCUT2D eigenvalue weighted by Crippen LogP contribution is 2.24. The van der Waals surface area contributed by atoms with Gasteiger partial charge in [0.1, 0.15) is 0 Å². The molecule has 2 rings (SSSR count). The van der Waals surface area contributed by atoms with E-state index in [1.165, 1.54) is 12.8 Å². The topological polar surface area (TPSA) is 41.1 Å². The van der Waals surface area contributed by atoms with Crippen LogP contribution in [0.15, 0.2) is 0 Å². The van der Waals surface area contributed by atoms with Crippen molar-refractivity contribution in [1.29, 1.82) is 0 Å². The maximum atomic E-state index is 12.1. The predicted molar refractivity (Wildman–Crippen MR) is 65.1 cm³/mol. The zero-order valence-corrected chi connectivity index (χ0v) is 10.5. The smallest absolute Gasteiger partial charge is 0.237 e. The van der Waals surface area contributed by atoms with Gasteiger partial charge in [-0.3, -0.25) is 4.79 Å². The number of carbonyl (C=O) groups is 1. The highest BCUT2D eigenvalue weighted by Gasteiger charge is 2.31. The summed E-state index contributed by atoms with van der Waals surface area (Å²) in [6.07, 6.45) is 6.04. The van der Waals surface area contributed by atoms with Crippen LogP contribution in [0.5, 0.6) is 0 Å². The second-order valence-corrected chi connectivity index (χ2v) is 5.68. The molecule has 0 spiro atoms. The number of hydrogen-bond donors (Lipinski definition) is 2. The fourth-order valence-electron chi connectivity index (χ4n) is 3.04. The molecule has 16 heavy (non-hydrogen) atoms. The van der Waals surface area contributed by atoms with Crippen LogP contribution in [-0.2, 0) is 4.79 Å². The van der Waals surface area contributed by atoms with Gasteiger partial charge in [-0.15, -0.1) is 0 Å². The summed E-state index contributed by atoms with van der Waals surface area (Å²) in [5.41, 5.74) is 0. The molecule has 1 aliphatic carbocycles. The molecule has 2 fully saturated rings. The van der Waals surface area contributed by atoms with E-state index in [0.717, 1.165) is 31.7 Å². The van der Waals surface area contributed by atoms with Crippen molar-refractivity contribution in [3.8, 4) is 0 Å². The van der Waals surface area contributed by atoms with Gasteiger partial charge in [0.05, 0.1) is 6.04 Å². The van der Waals surface area contributed by atoms with Crippen molar-refractivity contribution < 1.29 is 4.79 Å². The third kappa shape index (κ3) is 2.76. The Bertz CT molecular complexity index is 254. The average Bonchev–Trinajstić information content (AvgIpc) is 2.64. The van der Waals surface area contributed by atoms with Crippen molar-refractivity contribution in [2.24, 2.45) is 11.8 Å². The summed E-state index contributed by atoms with van der Waals surface area (Å²) >= 11 is 0. The molecule has 3 heteroatoms. The number of hydrogen-bond acceptors (Lipinski definition) is 2. The molecule has 2 aliphatic rings. The molecule has 1 saturated heterocycles. The molecular weight excluding hydrogens is 200 g/mol. The Balaban J connectivity index is 1.82. The van der Waals surface area contributed by atoms with Crippen LogP contribution in [-0.4, -0.2) is 24.5 Å². The number of carbonyl (C=O) groups excluding carboxylic acids is 1. The number of nitrogens with one attached hydrogen (secondary N) is 2. The first-order valence-corrected chi connectivity index (χ1v) is 6.70. The first-order chi connectivity index (χ1) is 7.66. The van der Waals surface area contributed by atoms with E-state index < -0.39 is 0 Å². The van der Waals surface area contributed by atoms with E-state index in [-0.39, 0.29) is 11.9 Å². The molecule has 92 valence electrons. The lowest BCUT2D eigenvalue weighted by molar-refractivity contribution is -0.124. The molecule has 0 aromatic rings. The molecule has 2 N–H and O–H groups in total. The van der Waals surface area contributed by atoms with Gasteiger partial charge in [0.2, 0.25) is 5.91 Å². The zero-order valence-electron chi connectivity index (χ0n) is 10.5. The quantitative estimate of drug-likeness (QED) is 0.749. The monoisotopic (exact) mass is 224 g/mol. The Morgan fingerprint density at radius 2 is 2.06 bits per heavy atom. The van der Waals surface area contributed by atoms with Gasteiger partial charge in [-0.05, 0) is 37.6 Å². The molecule has 0 aromatic heterocycles. The van der Waals surface area contributed by atoms with Crippen LogP contribution in [0.1, 0.15) is 46.0 Å². The molecule has 3 nitrogen and oxygen atoms in total. The molecule has 1 aliphatic heterocycles. The fraction of sp³-hybridized carbons (Fsp3) is 0.923. The van der Waals surface area contributed by atoms with Crippen molar-refractivity contribution in [1.82, 2.24) is 10.6 Å². The maximum Gasteiger partial charge on any atom is 0.237 e. The van der Waals surface area contributed by atoms with E-state index in [0.29, 0.717) is 12.0 Å². The molecule has 1 heterocycles. The highest BCUT2D eigenvalue weighted by atomic mass is 16.2. The van der Waals surface area contributed by atoms with E-state index in [1.54, 1.807) is 0 Å². The summed E-state index contributed by atoms with van der Waals surface area (Å²) in [7, 11) is 0. The van der Waals surface area contributed by atoms with Crippen molar-refractivity contribution in [3.63, 3.8) is 0 Å². The summed E-state index contributed by atoms with van der Waals surface area (Å²) < 4.78 is 0. The van der Waals surface area contributed by atoms with Gasteiger partial charge in [-0.1, -0.05) is 26.7 Å². The van der Waals surface area contributed by atoms with Crippen LogP contribution in [0.4, 0.5) is 0 Å². The van der Waals surface area contributed by atoms with Crippen molar-refractivity contribution in [2.45, 2.75) is 58.0 Å². The lowest BCUT2D eigenvalue weighted by Gasteiger charge is -2.29. The summed E-state index contributed by atoms with van der Waals surface area (Å²) in [4.78, 5) is 12.1. The maximum absolute atomic E-state index is 12.1. The molecule has 0 radical (unpaired) electrons. The molecule has 1 amide bonds. The summed E-state index contributed by atoms with van der Waals surface area (Å²) in [6, 6.07) is 0.475. The molecule has 4 unspecified atom stereocenters. The van der Waals surface area contributed by atoms with Crippen molar-refractivity contribution in [2.75, 3.05) is 6.54 Å². The van der Waals surface area contributed by atoms with Crippen LogP contribution in [0.25, 0.3) is 0 Å². The number of amides is 1. The standard InChI is InChI=1S/C13H24N2O/c1-9-4-3-5-11(8-9)15-13(16)12-10(2)6-7-14-12/h9-12,14H,3-8H2,1-2H3,(H,15,16). The fourth-order valence-corrected chi connectivity index (χ4v) is 3.04. The van der Waals surface area contributed by atoms with Crippen LogP contribution in [0.2, 0.25) is 0 Å². The molecule has 4 atom stereocenters. The van der Waals surface area contributed by atoms with E-state index in [2.05, 4.69) is 24.5 Å². The first kappa shape index (κ1) is 11.9. The van der Waals surface area contributed by atoms with Gasteiger partial charge >= 0.3 is 0 Å². The second kappa shape index (κ2) is 5.17. The molecule has 1 saturated carbocycles. The third-order valence-corrected chi connectivity index (χ3v) is 4.10. The summed E-state index contributed by atoms with van der Waals surface area (Å²) in [5.74, 6) is 1.48. The highest BCUT2D eigenvalue weighted by molar-refractivity contribution is 5.82. The SMILES string of the molecule is CC1CCCC(NC(=O)C2NCCC2C)C1. The van der Waals surface area contributed by atoms with E-state index >= 15 is 0 Å². The van der Waals surface area contributed by atoms with Crippen LogP contribution in [0.3, 0.4) is 0 Å². The van der Waals surface area contributed by atoms with Gasteiger partial charge in [0.25, 0.3) is 0 Å². The van der Waals surface area contributed by atoms with Crippen LogP contribution in [0, 0.1) is 11.8 Å². The third-order valence-electron chi connectivity index (χ3n) is 4.10. The van der Waals surface area contributed by atoms with Crippen LogP contribution >= 0.6 is 0 Å². The summed E-state index contributed by atoms with van der Waals surface area (Å²) in [6.45, 7) is 5.43. The normalized spacial score (nSPS) is 39.6. The van der Waals surface area contributed by atoms with Crippen molar-refractivity contribution >= 4 is 5.91 Å². The van der Waals surface area contributed by atoms with E-state index in [1.807, 2.05) is 0 Å². The molecule has 0 bridgehead atoms. The van der Waals surface area contributed by atoms with Crippen molar-refractivity contribution in [3.05, 3.63) is 0 Å². The zero-order chi connectivity index (χ0) is 11.5. The predicted octanol–water partition coefficient (Wildman–Crippen LogP) is 1.68. The first-order valence-electron chi connectivity index (χ1n) is 6.70. The Hall–Kier alpha value is -0.570. The minimum Gasteiger partial charge on any atom is -0.352 e. The van der Waals surface area contributed by atoms with E-state index in [4.69, 9.17) is 0 Å². The largest absolute Gasteiger partial charge is 0.352 e. The average molecular weight is 224 g/mol. The van der Waals surface area contributed by atoms with Gasteiger partial charge < -0.3 is 10.6 Å². The minimum absolute atomic E-state index is 0.0530. The Kier molecular flexibility index (Phi) is 3.85. The van der Waals surface area contributed by atoms with Gasteiger partial charge in [0, 0.05) is 6.04 Å². The van der Waals surface area contributed by atoms with Crippen LogP contribution < -0.4 is 10.6 Å². The Morgan fingerprint density at radius 3 is 2.69 bits per heavy atom. The molecular formula is C13H24N2O. The van der Waals surface area contributed by atoms with E-state index in [9.17, 15) is 4.79 Å². The second-order valence-electron chi connectivity index (χ2n) is 5.68.